The lowest BCUT2D eigenvalue weighted by Crippen LogP contribution is -2.43. The molecule has 1 rings (SSSR count). The van der Waals surface area contributed by atoms with E-state index < -0.39 is 12.7 Å². The summed E-state index contributed by atoms with van der Waals surface area (Å²) in [6.07, 6.45) is -4.17. The van der Waals surface area contributed by atoms with Crippen molar-refractivity contribution in [3.05, 3.63) is 35.4 Å². The fraction of sp³-hybridized carbons (Fsp3) is 0.571. The second-order valence-electron chi connectivity index (χ2n) is 4.95. The third-order valence-corrected chi connectivity index (χ3v) is 3.35. The molecule has 0 aliphatic heterocycles. The lowest BCUT2D eigenvalue weighted by atomic mass is 9.98. The number of nitrogens with one attached hydrogen (secondary N) is 1. The van der Waals surface area contributed by atoms with Crippen molar-refractivity contribution >= 4 is 0 Å². The first-order valence-electron chi connectivity index (χ1n) is 6.25. The van der Waals surface area contributed by atoms with Gasteiger partial charge in [-0.1, -0.05) is 29.8 Å². The molecule has 0 aliphatic rings. The molecule has 1 N–H and O–H groups in total. The first kappa shape index (κ1) is 16.0. The fourth-order valence-corrected chi connectivity index (χ4v) is 2.14. The number of halogens is 3. The zero-order chi connectivity index (χ0) is 14.6. The SMILES string of the molecule is CNC(c1ccc(C)cc1)C(C)N(C)CC(F)(F)F. The fourth-order valence-electron chi connectivity index (χ4n) is 2.14. The zero-order valence-corrected chi connectivity index (χ0v) is 11.8. The molecule has 2 atom stereocenters. The van der Waals surface area contributed by atoms with Gasteiger partial charge in [0.05, 0.1) is 6.54 Å². The number of hydrogen-bond acceptors (Lipinski definition) is 2. The van der Waals surface area contributed by atoms with E-state index in [9.17, 15) is 13.2 Å². The molecule has 2 nitrogen and oxygen atoms in total. The summed E-state index contributed by atoms with van der Waals surface area (Å²) in [7, 11) is 3.26. The highest BCUT2D eigenvalue weighted by molar-refractivity contribution is 5.25. The Morgan fingerprint density at radius 3 is 2.16 bits per heavy atom. The van der Waals surface area contributed by atoms with Crippen LogP contribution >= 0.6 is 0 Å². The van der Waals surface area contributed by atoms with Crippen molar-refractivity contribution in [2.24, 2.45) is 0 Å². The van der Waals surface area contributed by atoms with Crippen LogP contribution in [0.1, 0.15) is 24.1 Å². The van der Waals surface area contributed by atoms with E-state index in [1.54, 1.807) is 14.0 Å². The summed E-state index contributed by atoms with van der Waals surface area (Å²) >= 11 is 0. The summed E-state index contributed by atoms with van der Waals surface area (Å²) in [6.45, 7) is 2.88. The van der Waals surface area contributed by atoms with Crippen molar-refractivity contribution in [1.29, 1.82) is 0 Å². The van der Waals surface area contributed by atoms with Crippen molar-refractivity contribution in [3.8, 4) is 0 Å². The van der Waals surface area contributed by atoms with Crippen LogP contribution in [-0.2, 0) is 0 Å². The van der Waals surface area contributed by atoms with Crippen molar-refractivity contribution in [2.45, 2.75) is 32.1 Å². The number of likely N-dealkylation sites (N-methyl/N-ethyl adjacent to an activating group) is 2. The highest BCUT2D eigenvalue weighted by Crippen LogP contribution is 2.23. The number of hydrogen-bond donors (Lipinski definition) is 1. The van der Waals surface area contributed by atoms with Gasteiger partial charge in [-0.15, -0.1) is 0 Å². The number of alkyl halides is 3. The maximum atomic E-state index is 12.4. The average molecular weight is 274 g/mol. The Morgan fingerprint density at radius 2 is 1.74 bits per heavy atom. The summed E-state index contributed by atoms with van der Waals surface area (Å²) in [4.78, 5) is 1.32. The third kappa shape index (κ3) is 4.84. The molecule has 0 bridgehead atoms. The summed E-state index contributed by atoms with van der Waals surface area (Å²) in [5.41, 5.74) is 2.13. The van der Waals surface area contributed by atoms with Gasteiger partial charge in [0.2, 0.25) is 0 Å². The third-order valence-electron chi connectivity index (χ3n) is 3.35. The summed E-state index contributed by atoms with van der Waals surface area (Å²) in [5.74, 6) is 0. The smallest absolute Gasteiger partial charge is 0.312 e. The zero-order valence-electron chi connectivity index (χ0n) is 11.8. The van der Waals surface area contributed by atoms with Gasteiger partial charge in [-0.05, 0) is 33.5 Å². The quantitative estimate of drug-likeness (QED) is 0.887. The monoisotopic (exact) mass is 274 g/mol. The van der Waals surface area contributed by atoms with Crippen LogP contribution in [0, 0.1) is 6.92 Å². The van der Waals surface area contributed by atoms with E-state index in [1.165, 1.54) is 11.9 Å². The number of nitrogens with zero attached hydrogens (tertiary/aromatic N) is 1. The van der Waals surface area contributed by atoms with Gasteiger partial charge in [0.15, 0.2) is 0 Å². The van der Waals surface area contributed by atoms with Gasteiger partial charge in [0.25, 0.3) is 0 Å². The van der Waals surface area contributed by atoms with Crippen LogP contribution < -0.4 is 5.32 Å². The normalized spacial score (nSPS) is 15.6. The molecule has 108 valence electrons. The molecule has 5 heteroatoms. The van der Waals surface area contributed by atoms with E-state index in [2.05, 4.69) is 5.32 Å². The molecule has 0 saturated heterocycles. The van der Waals surface area contributed by atoms with Gasteiger partial charge >= 0.3 is 6.18 Å². The maximum Gasteiger partial charge on any atom is 0.401 e. The Morgan fingerprint density at radius 1 is 1.21 bits per heavy atom. The second kappa shape index (κ2) is 6.39. The van der Waals surface area contributed by atoms with Gasteiger partial charge in [-0.3, -0.25) is 4.90 Å². The predicted molar refractivity (Wildman–Crippen MR) is 71.1 cm³/mol. The van der Waals surface area contributed by atoms with E-state index in [4.69, 9.17) is 0 Å². The van der Waals surface area contributed by atoms with Gasteiger partial charge in [-0.2, -0.15) is 13.2 Å². The number of benzene rings is 1. The van der Waals surface area contributed by atoms with Crippen LogP contribution in [0.4, 0.5) is 13.2 Å². The molecule has 0 spiro atoms. The molecule has 0 heterocycles. The summed E-state index contributed by atoms with van der Waals surface area (Å²) in [5, 5.41) is 3.10. The molecule has 0 aliphatic carbocycles. The van der Waals surface area contributed by atoms with E-state index in [-0.39, 0.29) is 12.1 Å². The number of rotatable bonds is 5. The molecule has 0 fully saturated rings. The van der Waals surface area contributed by atoms with Crippen LogP contribution in [0.2, 0.25) is 0 Å². The molecule has 19 heavy (non-hydrogen) atoms. The van der Waals surface area contributed by atoms with E-state index in [0.717, 1.165) is 11.1 Å². The van der Waals surface area contributed by atoms with Crippen molar-refractivity contribution in [2.75, 3.05) is 20.6 Å². The minimum atomic E-state index is -4.17. The van der Waals surface area contributed by atoms with Crippen LogP contribution in [0.5, 0.6) is 0 Å². The highest BCUT2D eigenvalue weighted by Gasteiger charge is 2.33. The highest BCUT2D eigenvalue weighted by atomic mass is 19.4. The molecule has 0 radical (unpaired) electrons. The molecular formula is C14H21F3N2. The lowest BCUT2D eigenvalue weighted by Gasteiger charge is -2.32. The Kier molecular flexibility index (Phi) is 5.38. The summed E-state index contributed by atoms with van der Waals surface area (Å²) in [6, 6.07) is 7.46. The van der Waals surface area contributed by atoms with Crippen LogP contribution in [0.15, 0.2) is 24.3 Å². The van der Waals surface area contributed by atoms with Crippen LogP contribution in [-0.4, -0.2) is 37.8 Å². The van der Waals surface area contributed by atoms with E-state index in [1.807, 2.05) is 31.2 Å². The number of aryl methyl sites for hydroxylation is 1. The minimum Gasteiger partial charge on any atom is -0.312 e. The average Bonchev–Trinajstić information content (AvgIpc) is 2.30. The van der Waals surface area contributed by atoms with Crippen molar-refractivity contribution in [1.82, 2.24) is 10.2 Å². The first-order valence-corrected chi connectivity index (χ1v) is 6.25. The first-order chi connectivity index (χ1) is 8.74. The molecule has 0 amide bonds. The van der Waals surface area contributed by atoms with E-state index in [0.29, 0.717) is 0 Å². The molecule has 0 aromatic heterocycles. The molecule has 1 aromatic rings. The van der Waals surface area contributed by atoms with E-state index >= 15 is 0 Å². The predicted octanol–water partition coefficient (Wildman–Crippen LogP) is 3.14. The van der Waals surface area contributed by atoms with Crippen molar-refractivity contribution in [3.63, 3.8) is 0 Å². The topological polar surface area (TPSA) is 15.3 Å². The van der Waals surface area contributed by atoms with Gasteiger partial charge in [0.1, 0.15) is 0 Å². The molecule has 0 saturated carbocycles. The molecule has 2 unspecified atom stereocenters. The molecular weight excluding hydrogens is 253 g/mol. The standard InChI is InChI=1S/C14H21F3N2/c1-10-5-7-12(8-6-10)13(18-3)11(2)19(4)9-14(15,16)17/h5-8,11,13,18H,9H2,1-4H3. The summed E-state index contributed by atoms with van der Waals surface area (Å²) < 4.78 is 37.3. The lowest BCUT2D eigenvalue weighted by molar-refractivity contribution is -0.147. The van der Waals surface area contributed by atoms with Gasteiger partial charge in [-0.25, -0.2) is 0 Å². The van der Waals surface area contributed by atoms with Crippen LogP contribution in [0.25, 0.3) is 0 Å². The Labute approximate surface area is 112 Å². The largest absolute Gasteiger partial charge is 0.401 e. The Balaban J connectivity index is 2.81. The Hall–Kier alpha value is -1.07. The second-order valence-corrected chi connectivity index (χ2v) is 4.95. The molecule has 1 aromatic carbocycles. The van der Waals surface area contributed by atoms with Gasteiger partial charge < -0.3 is 5.32 Å². The Bertz CT molecular complexity index is 387. The maximum absolute atomic E-state index is 12.4. The van der Waals surface area contributed by atoms with Crippen molar-refractivity contribution < 1.29 is 13.2 Å². The van der Waals surface area contributed by atoms with Gasteiger partial charge in [0, 0.05) is 12.1 Å². The minimum absolute atomic E-state index is 0.132. The van der Waals surface area contributed by atoms with Crippen LogP contribution in [0.3, 0.4) is 0 Å².